The summed E-state index contributed by atoms with van der Waals surface area (Å²) in [5.41, 5.74) is 5.27. The SMILES string of the molecule is CC(C)c1nc2c(=Cc3c(-c4ccccc4Cl)[nH]n4nc(C(C)C)nc34)c(-c3ccccc3Cl)nn2n1. The van der Waals surface area contributed by atoms with Gasteiger partial charge in [-0.3, -0.25) is 5.10 Å². The minimum atomic E-state index is 0.154. The van der Waals surface area contributed by atoms with E-state index < -0.39 is 0 Å². The topological polar surface area (TPSA) is 89.1 Å². The zero-order chi connectivity index (χ0) is 25.8. The summed E-state index contributed by atoms with van der Waals surface area (Å²) in [5.74, 6) is 1.79. The van der Waals surface area contributed by atoms with Crippen LogP contribution in [0.15, 0.2) is 48.5 Å². The number of nitrogens with one attached hydrogen (secondary N) is 1. The molecule has 0 unspecified atom stereocenters. The van der Waals surface area contributed by atoms with Gasteiger partial charge < -0.3 is 0 Å². The van der Waals surface area contributed by atoms with E-state index in [9.17, 15) is 0 Å². The molecule has 0 aliphatic carbocycles. The van der Waals surface area contributed by atoms with Crippen molar-refractivity contribution in [1.82, 2.24) is 39.6 Å². The molecular formula is C27H24Cl2N8. The number of rotatable bonds is 5. The summed E-state index contributed by atoms with van der Waals surface area (Å²) in [4.78, 5) is 9.70. The standard InChI is InChI=1S/C27H24Cl2N8/c1-14(2)24-30-26-18(22(32-36(26)34-24)16-9-5-7-11-20(16)28)13-19-23(17-10-6-8-12-21(17)29)33-37-27(19)31-25(35-37)15(3)4/h5-15,32H,1-4H3. The molecular weight excluding hydrogens is 507 g/mol. The fraction of sp³-hybridized carbons (Fsp3) is 0.222. The van der Waals surface area contributed by atoms with E-state index >= 15 is 0 Å². The molecule has 37 heavy (non-hydrogen) atoms. The molecule has 0 saturated heterocycles. The van der Waals surface area contributed by atoms with Gasteiger partial charge >= 0.3 is 0 Å². The summed E-state index contributed by atoms with van der Waals surface area (Å²) in [5, 5.41) is 19.5. The molecule has 6 aromatic rings. The van der Waals surface area contributed by atoms with E-state index in [4.69, 9.17) is 38.3 Å². The lowest BCUT2D eigenvalue weighted by Gasteiger charge is -2.04. The van der Waals surface area contributed by atoms with E-state index in [-0.39, 0.29) is 11.8 Å². The lowest BCUT2D eigenvalue weighted by atomic mass is 10.0. The van der Waals surface area contributed by atoms with Gasteiger partial charge in [-0.2, -0.15) is 4.63 Å². The summed E-state index contributed by atoms with van der Waals surface area (Å²) in [6.45, 7) is 8.25. The van der Waals surface area contributed by atoms with Gasteiger partial charge in [0, 0.05) is 33.5 Å². The fourth-order valence-corrected chi connectivity index (χ4v) is 4.75. The molecule has 2 aromatic carbocycles. The van der Waals surface area contributed by atoms with E-state index in [0.717, 1.165) is 39.3 Å². The highest BCUT2D eigenvalue weighted by Crippen LogP contribution is 2.33. The molecule has 0 fully saturated rings. The Morgan fingerprint density at radius 3 is 2.00 bits per heavy atom. The monoisotopic (exact) mass is 530 g/mol. The van der Waals surface area contributed by atoms with Crippen LogP contribution in [-0.2, 0) is 0 Å². The Morgan fingerprint density at radius 1 is 0.757 bits per heavy atom. The number of H-pyrrole nitrogens is 1. The maximum atomic E-state index is 6.63. The van der Waals surface area contributed by atoms with Crippen molar-refractivity contribution in [3.63, 3.8) is 0 Å². The number of nitrogens with zero attached hydrogens (tertiary/aromatic N) is 7. The Bertz CT molecular complexity index is 1830. The van der Waals surface area contributed by atoms with Gasteiger partial charge in [0.15, 0.2) is 22.9 Å². The lowest BCUT2D eigenvalue weighted by Crippen LogP contribution is -2.05. The van der Waals surface area contributed by atoms with Gasteiger partial charge in [0.05, 0.1) is 15.9 Å². The minimum Gasteiger partial charge on any atom is -0.275 e. The van der Waals surface area contributed by atoms with Crippen LogP contribution in [-0.4, -0.2) is 39.6 Å². The van der Waals surface area contributed by atoms with Gasteiger partial charge in [-0.15, -0.1) is 19.9 Å². The van der Waals surface area contributed by atoms with Crippen molar-refractivity contribution in [2.45, 2.75) is 39.5 Å². The number of hydrogen-bond acceptors (Lipinski definition) is 5. The van der Waals surface area contributed by atoms with E-state index in [2.05, 4.69) is 43.0 Å². The second kappa shape index (κ2) is 8.97. The zero-order valence-electron chi connectivity index (χ0n) is 20.7. The Hall–Kier alpha value is -3.75. The van der Waals surface area contributed by atoms with Gasteiger partial charge in [0.1, 0.15) is 5.69 Å². The molecule has 0 atom stereocenters. The summed E-state index contributed by atoms with van der Waals surface area (Å²) in [7, 11) is 0. The van der Waals surface area contributed by atoms with Gasteiger partial charge in [0.25, 0.3) is 0 Å². The first-order chi connectivity index (χ1) is 17.8. The van der Waals surface area contributed by atoms with E-state index in [0.29, 0.717) is 27.0 Å². The van der Waals surface area contributed by atoms with Crippen molar-refractivity contribution in [3.8, 4) is 22.5 Å². The first kappa shape index (κ1) is 23.6. The highest BCUT2D eigenvalue weighted by molar-refractivity contribution is 6.33. The third kappa shape index (κ3) is 3.97. The number of aromatic nitrogens is 8. The smallest absolute Gasteiger partial charge is 0.185 e. The fourth-order valence-electron chi connectivity index (χ4n) is 4.29. The maximum Gasteiger partial charge on any atom is 0.185 e. The molecule has 0 spiro atoms. The molecule has 0 aliphatic rings. The van der Waals surface area contributed by atoms with Crippen LogP contribution < -0.4 is 5.22 Å². The normalized spacial score (nSPS) is 12.7. The number of benzene rings is 2. The highest BCUT2D eigenvalue weighted by Gasteiger charge is 2.22. The molecule has 186 valence electrons. The third-order valence-corrected chi connectivity index (χ3v) is 6.90. The molecule has 0 amide bonds. The highest BCUT2D eigenvalue weighted by atomic mass is 35.5. The van der Waals surface area contributed by atoms with Crippen molar-refractivity contribution in [3.05, 3.63) is 81.0 Å². The minimum absolute atomic E-state index is 0.154. The predicted molar refractivity (Wildman–Crippen MR) is 146 cm³/mol. The largest absolute Gasteiger partial charge is 0.275 e. The molecule has 6 rings (SSSR count). The van der Waals surface area contributed by atoms with Crippen molar-refractivity contribution >= 4 is 40.6 Å². The first-order valence-corrected chi connectivity index (χ1v) is 12.8. The molecule has 0 aliphatic heterocycles. The summed E-state index contributed by atoms with van der Waals surface area (Å²) in [6.07, 6.45) is 2.03. The van der Waals surface area contributed by atoms with Crippen LogP contribution in [0, 0.1) is 0 Å². The molecule has 0 bridgehead atoms. The van der Waals surface area contributed by atoms with Gasteiger partial charge in [0.2, 0.25) is 0 Å². The molecule has 8 nitrogen and oxygen atoms in total. The zero-order valence-corrected chi connectivity index (χ0v) is 22.2. The van der Waals surface area contributed by atoms with E-state index in [1.54, 1.807) is 9.26 Å². The molecule has 4 heterocycles. The Balaban J connectivity index is 1.72. The Kier molecular flexibility index (Phi) is 5.73. The van der Waals surface area contributed by atoms with Crippen LogP contribution >= 0.6 is 23.2 Å². The predicted octanol–water partition coefficient (Wildman–Crippen LogP) is 5.93. The maximum absolute atomic E-state index is 6.63. The molecule has 10 heteroatoms. The number of halogens is 2. The lowest BCUT2D eigenvalue weighted by molar-refractivity contribution is 0.731. The first-order valence-electron chi connectivity index (χ1n) is 12.1. The summed E-state index contributed by atoms with van der Waals surface area (Å²) >= 11 is 13.2. The average molecular weight is 531 g/mol. The molecule has 0 saturated carbocycles. The molecule has 4 aromatic heterocycles. The molecule has 0 radical (unpaired) electrons. The van der Waals surface area contributed by atoms with E-state index in [1.807, 2.05) is 54.6 Å². The van der Waals surface area contributed by atoms with Crippen molar-refractivity contribution in [1.29, 1.82) is 0 Å². The van der Waals surface area contributed by atoms with E-state index in [1.165, 1.54) is 0 Å². The molecule has 1 N–H and O–H groups in total. The van der Waals surface area contributed by atoms with Crippen molar-refractivity contribution < 1.29 is 0 Å². The van der Waals surface area contributed by atoms with Crippen molar-refractivity contribution in [2.75, 3.05) is 0 Å². The van der Waals surface area contributed by atoms with Crippen LogP contribution in [0.5, 0.6) is 0 Å². The third-order valence-electron chi connectivity index (χ3n) is 6.24. The van der Waals surface area contributed by atoms with Gasteiger partial charge in [-0.25, -0.2) is 9.97 Å². The van der Waals surface area contributed by atoms with Gasteiger partial charge in [-0.1, -0.05) is 87.3 Å². The average Bonchev–Trinajstić information content (AvgIpc) is 3.61. The van der Waals surface area contributed by atoms with Crippen molar-refractivity contribution in [2.24, 2.45) is 0 Å². The van der Waals surface area contributed by atoms with Crippen LogP contribution in [0.1, 0.15) is 56.7 Å². The van der Waals surface area contributed by atoms with Crippen LogP contribution in [0.25, 0.3) is 39.9 Å². The summed E-state index contributed by atoms with van der Waals surface area (Å²) in [6, 6.07) is 15.3. The Labute approximate surface area is 222 Å². The second-order valence-corrected chi connectivity index (χ2v) is 10.4. The van der Waals surface area contributed by atoms with Crippen LogP contribution in [0.4, 0.5) is 0 Å². The number of aromatic amines is 1. The summed E-state index contributed by atoms with van der Waals surface area (Å²) < 4.78 is 3.29. The quantitative estimate of drug-likeness (QED) is 0.298. The van der Waals surface area contributed by atoms with Gasteiger partial charge in [-0.05, 0) is 18.2 Å². The van der Waals surface area contributed by atoms with Crippen LogP contribution in [0.3, 0.4) is 0 Å². The second-order valence-electron chi connectivity index (χ2n) is 9.56. The van der Waals surface area contributed by atoms with Crippen LogP contribution in [0.2, 0.25) is 10.0 Å². The Morgan fingerprint density at radius 2 is 1.35 bits per heavy atom. The number of hydrogen-bond donors (Lipinski definition) is 1. The number of fused-ring (bicyclic) bond motifs is 2.